The van der Waals surface area contributed by atoms with Crippen molar-refractivity contribution >= 4 is 35.2 Å². The molecular weight excluding hydrogens is 445 g/mol. The van der Waals surface area contributed by atoms with Gasteiger partial charge in [0.05, 0.1) is 24.4 Å². The molecule has 174 valence electrons. The molecule has 2 aliphatic rings. The number of halogens is 3. The van der Waals surface area contributed by atoms with Gasteiger partial charge in [-0.05, 0) is 30.7 Å². The Labute approximate surface area is 185 Å². The van der Waals surface area contributed by atoms with Crippen LogP contribution in [0.15, 0.2) is 30.5 Å². The van der Waals surface area contributed by atoms with Crippen LogP contribution in [0.5, 0.6) is 0 Å². The molecule has 4 rings (SSSR count). The van der Waals surface area contributed by atoms with E-state index in [9.17, 15) is 27.6 Å². The maximum atomic E-state index is 13.2. The summed E-state index contributed by atoms with van der Waals surface area (Å²) in [6, 6.07) is 4.80. The van der Waals surface area contributed by atoms with E-state index in [-0.39, 0.29) is 28.9 Å². The number of methoxy groups -OCH3 is 1. The largest absolute Gasteiger partial charge is 0.465 e. The Hall–Kier alpha value is -3.90. The van der Waals surface area contributed by atoms with Crippen molar-refractivity contribution in [2.45, 2.75) is 18.6 Å². The molecule has 2 aromatic rings. The topological polar surface area (TPSA) is 117 Å². The SMILES string of the molecule is COC(=O)c1ccnc(NC(=O)N2c3nc(C(=O)NCC(F)(F)F)ccc3N3CC[C@H]2C3)c1. The van der Waals surface area contributed by atoms with Crippen molar-refractivity contribution in [2.24, 2.45) is 0 Å². The highest BCUT2D eigenvalue weighted by Crippen LogP contribution is 2.39. The van der Waals surface area contributed by atoms with Crippen molar-refractivity contribution in [3.8, 4) is 0 Å². The van der Waals surface area contributed by atoms with Gasteiger partial charge in [-0.15, -0.1) is 0 Å². The number of hydrogen-bond acceptors (Lipinski definition) is 7. The molecular formula is C20H19F3N6O4. The van der Waals surface area contributed by atoms with Crippen LogP contribution in [0, 0.1) is 0 Å². The predicted octanol–water partition coefficient (Wildman–Crippen LogP) is 2.19. The van der Waals surface area contributed by atoms with Crippen molar-refractivity contribution in [1.82, 2.24) is 15.3 Å². The van der Waals surface area contributed by atoms with E-state index in [1.165, 1.54) is 36.4 Å². The third-order valence-corrected chi connectivity index (χ3v) is 5.27. The van der Waals surface area contributed by atoms with Gasteiger partial charge in [0.2, 0.25) is 0 Å². The highest BCUT2D eigenvalue weighted by molar-refractivity contribution is 6.05. The van der Waals surface area contributed by atoms with Crippen molar-refractivity contribution in [3.63, 3.8) is 0 Å². The van der Waals surface area contributed by atoms with Gasteiger partial charge in [-0.2, -0.15) is 13.2 Å². The zero-order valence-corrected chi connectivity index (χ0v) is 17.3. The molecule has 33 heavy (non-hydrogen) atoms. The summed E-state index contributed by atoms with van der Waals surface area (Å²) in [5.74, 6) is -1.34. The van der Waals surface area contributed by atoms with E-state index in [4.69, 9.17) is 0 Å². The molecule has 2 bridgehead atoms. The Bertz CT molecular complexity index is 1110. The number of nitrogens with zero attached hydrogens (tertiary/aromatic N) is 4. The minimum absolute atomic E-state index is 0.101. The van der Waals surface area contributed by atoms with Gasteiger partial charge in [0.25, 0.3) is 5.91 Å². The molecule has 2 N–H and O–H groups in total. The molecule has 1 atom stereocenters. The average Bonchev–Trinajstić information content (AvgIpc) is 3.20. The molecule has 0 aromatic carbocycles. The number of anilines is 3. The minimum atomic E-state index is -4.56. The fourth-order valence-electron chi connectivity index (χ4n) is 3.78. The number of amides is 3. The number of hydrogen-bond donors (Lipinski definition) is 2. The summed E-state index contributed by atoms with van der Waals surface area (Å²) in [7, 11) is 1.23. The van der Waals surface area contributed by atoms with Crippen molar-refractivity contribution < 1.29 is 32.3 Å². The molecule has 13 heteroatoms. The van der Waals surface area contributed by atoms with E-state index in [2.05, 4.69) is 20.0 Å². The summed E-state index contributed by atoms with van der Waals surface area (Å²) >= 11 is 0. The molecule has 0 saturated carbocycles. The number of urea groups is 1. The summed E-state index contributed by atoms with van der Waals surface area (Å²) in [4.78, 5) is 48.7. The van der Waals surface area contributed by atoms with Gasteiger partial charge in [-0.25, -0.2) is 19.6 Å². The van der Waals surface area contributed by atoms with E-state index >= 15 is 0 Å². The number of nitrogens with one attached hydrogen (secondary N) is 2. The Morgan fingerprint density at radius 3 is 2.76 bits per heavy atom. The Morgan fingerprint density at radius 2 is 2.03 bits per heavy atom. The highest BCUT2D eigenvalue weighted by Gasteiger charge is 2.40. The van der Waals surface area contributed by atoms with Crippen LogP contribution in [0.3, 0.4) is 0 Å². The normalized spacial score (nSPS) is 16.8. The lowest BCUT2D eigenvalue weighted by molar-refractivity contribution is -0.123. The van der Waals surface area contributed by atoms with Gasteiger partial charge < -0.3 is 15.0 Å². The highest BCUT2D eigenvalue weighted by atomic mass is 19.4. The molecule has 2 aliphatic heterocycles. The predicted molar refractivity (Wildman–Crippen MR) is 110 cm³/mol. The lowest BCUT2D eigenvalue weighted by Gasteiger charge is -2.35. The lowest BCUT2D eigenvalue weighted by Crippen LogP contribution is -2.48. The zero-order valence-electron chi connectivity index (χ0n) is 17.3. The van der Waals surface area contributed by atoms with Crippen LogP contribution in [0.4, 0.5) is 35.3 Å². The first-order chi connectivity index (χ1) is 15.7. The Kier molecular flexibility index (Phi) is 5.78. The molecule has 0 aliphatic carbocycles. The van der Waals surface area contributed by atoms with Crippen LogP contribution in [0.1, 0.15) is 27.3 Å². The van der Waals surface area contributed by atoms with E-state index < -0.39 is 30.6 Å². The number of ether oxygens (including phenoxy) is 1. The summed E-state index contributed by atoms with van der Waals surface area (Å²) in [6.07, 6.45) is -2.59. The third-order valence-electron chi connectivity index (χ3n) is 5.27. The van der Waals surface area contributed by atoms with E-state index in [0.29, 0.717) is 25.2 Å². The molecule has 0 unspecified atom stereocenters. The first kappa shape index (κ1) is 22.3. The van der Waals surface area contributed by atoms with Crippen molar-refractivity contribution in [1.29, 1.82) is 0 Å². The van der Waals surface area contributed by atoms with E-state index in [0.717, 1.165) is 0 Å². The number of carbonyl (C=O) groups excluding carboxylic acids is 3. The number of pyridine rings is 2. The van der Waals surface area contributed by atoms with Crippen LogP contribution in [-0.2, 0) is 4.74 Å². The zero-order chi connectivity index (χ0) is 23.8. The lowest BCUT2D eigenvalue weighted by atomic mass is 10.1. The molecule has 0 spiro atoms. The smallest absolute Gasteiger partial charge is 0.405 e. The summed E-state index contributed by atoms with van der Waals surface area (Å²) in [5.41, 5.74) is 0.530. The van der Waals surface area contributed by atoms with Crippen molar-refractivity contribution in [2.75, 3.05) is 41.9 Å². The fourth-order valence-corrected chi connectivity index (χ4v) is 3.78. The molecule has 3 amide bonds. The Balaban J connectivity index is 1.60. The van der Waals surface area contributed by atoms with Gasteiger partial charge in [0.1, 0.15) is 18.1 Å². The van der Waals surface area contributed by atoms with E-state index in [1.54, 1.807) is 11.4 Å². The second-order valence-electron chi connectivity index (χ2n) is 7.45. The third kappa shape index (κ3) is 4.66. The molecule has 1 saturated heterocycles. The second kappa shape index (κ2) is 8.56. The van der Waals surface area contributed by atoms with E-state index in [1.807, 2.05) is 4.90 Å². The number of esters is 1. The van der Waals surface area contributed by atoms with Gasteiger partial charge >= 0.3 is 18.2 Å². The standard InChI is InChI=1S/C20H19F3N6O4/c1-33-18(31)11-4-6-24-15(8-11)27-19(32)29-12-5-7-28(9-12)14-3-2-13(26-16(14)29)17(30)25-10-20(21,22)23/h2-4,6,8,12H,5,7,9-10H2,1H3,(H,25,30)(H,24,27,32)/t12-/m0/s1. The molecule has 1 fully saturated rings. The molecule has 4 heterocycles. The van der Waals surface area contributed by atoms with Gasteiger partial charge in [0, 0.05) is 19.3 Å². The summed E-state index contributed by atoms with van der Waals surface area (Å²) < 4.78 is 42.0. The first-order valence-electron chi connectivity index (χ1n) is 9.92. The molecule has 10 nitrogen and oxygen atoms in total. The average molecular weight is 464 g/mol. The number of carbonyl (C=O) groups is 3. The number of fused-ring (bicyclic) bond motifs is 4. The fraction of sp³-hybridized carbons (Fsp3) is 0.350. The maximum Gasteiger partial charge on any atom is 0.405 e. The maximum absolute atomic E-state index is 13.2. The van der Waals surface area contributed by atoms with Gasteiger partial charge in [0.15, 0.2) is 5.82 Å². The first-order valence-corrected chi connectivity index (χ1v) is 9.92. The van der Waals surface area contributed by atoms with Gasteiger partial charge in [-0.3, -0.25) is 15.0 Å². The van der Waals surface area contributed by atoms with Crippen LogP contribution < -0.4 is 20.4 Å². The quantitative estimate of drug-likeness (QED) is 0.667. The monoisotopic (exact) mass is 464 g/mol. The molecule has 0 radical (unpaired) electrons. The minimum Gasteiger partial charge on any atom is -0.465 e. The summed E-state index contributed by atoms with van der Waals surface area (Å²) in [6.45, 7) is -0.304. The van der Waals surface area contributed by atoms with Crippen LogP contribution in [0.2, 0.25) is 0 Å². The number of aromatic nitrogens is 2. The number of rotatable bonds is 4. The Morgan fingerprint density at radius 1 is 1.24 bits per heavy atom. The summed E-state index contributed by atoms with van der Waals surface area (Å²) in [5, 5.41) is 4.39. The number of alkyl halides is 3. The van der Waals surface area contributed by atoms with Gasteiger partial charge in [-0.1, -0.05) is 0 Å². The van der Waals surface area contributed by atoms with Crippen LogP contribution >= 0.6 is 0 Å². The second-order valence-corrected chi connectivity index (χ2v) is 7.45. The van der Waals surface area contributed by atoms with Crippen molar-refractivity contribution in [3.05, 3.63) is 41.7 Å². The van der Waals surface area contributed by atoms with Crippen LogP contribution in [0.25, 0.3) is 0 Å². The van der Waals surface area contributed by atoms with Crippen LogP contribution in [-0.4, -0.2) is 66.8 Å². The molecule has 2 aromatic heterocycles.